The molecule has 80 valence electrons. The number of benzene rings is 1. The number of halogens is 1. The fourth-order valence-electron chi connectivity index (χ4n) is 1.98. The maximum absolute atomic E-state index is 11.4. The lowest BCUT2D eigenvalue weighted by atomic mass is 9.89. The summed E-state index contributed by atoms with van der Waals surface area (Å²) in [7, 11) is 0. The van der Waals surface area contributed by atoms with Gasteiger partial charge in [0.1, 0.15) is 6.04 Å². The number of carbonyl (C=O) groups excluding carboxylic acids is 1. The van der Waals surface area contributed by atoms with E-state index in [9.17, 15) is 4.79 Å². The highest BCUT2D eigenvalue weighted by Gasteiger charge is 2.44. The van der Waals surface area contributed by atoms with Crippen LogP contribution >= 0.6 is 15.9 Å². The molecule has 1 amide bonds. The van der Waals surface area contributed by atoms with Crippen LogP contribution in [0.5, 0.6) is 0 Å². The van der Waals surface area contributed by atoms with Gasteiger partial charge in [0.25, 0.3) is 0 Å². The average molecular weight is 269 g/mol. The van der Waals surface area contributed by atoms with E-state index in [-0.39, 0.29) is 18.0 Å². The number of β-lactam (4-membered cyclic amide) rings is 1. The number of likely N-dealkylation sites (N-methyl/N-ethyl adjacent to an activating group) is 1. The lowest BCUT2D eigenvalue weighted by Gasteiger charge is -2.45. The third-order valence-electron chi connectivity index (χ3n) is 2.80. The van der Waals surface area contributed by atoms with Crippen molar-refractivity contribution in [1.29, 1.82) is 0 Å². The predicted molar refractivity (Wildman–Crippen MR) is 62.2 cm³/mol. The van der Waals surface area contributed by atoms with E-state index < -0.39 is 0 Å². The molecule has 0 radical (unpaired) electrons. The zero-order chi connectivity index (χ0) is 11.0. The smallest absolute Gasteiger partial charge is 0.242 e. The van der Waals surface area contributed by atoms with Crippen LogP contribution in [0.1, 0.15) is 18.5 Å². The van der Waals surface area contributed by atoms with Crippen molar-refractivity contribution in [2.75, 3.05) is 6.54 Å². The summed E-state index contributed by atoms with van der Waals surface area (Å²) in [6.45, 7) is 2.68. The van der Waals surface area contributed by atoms with Gasteiger partial charge in [-0.05, 0) is 24.6 Å². The fraction of sp³-hybridized carbons (Fsp3) is 0.364. The Morgan fingerprint density at radius 1 is 1.40 bits per heavy atom. The van der Waals surface area contributed by atoms with Gasteiger partial charge in [-0.1, -0.05) is 28.1 Å². The van der Waals surface area contributed by atoms with E-state index in [0.717, 1.165) is 10.0 Å². The molecule has 2 atom stereocenters. The molecule has 2 rings (SSSR count). The lowest BCUT2D eigenvalue weighted by Crippen LogP contribution is -2.62. The third kappa shape index (κ3) is 1.68. The number of nitrogens with zero attached hydrogens (tertiary/aromatic N) is 1. The van der Waals surface area contributed by atoms with Crippen LogP contribution in [0.3, 0.4) is 0 Å². The molecule has 0 saturated carbocycles. The molecule has 1 aliphatic rings. The minimum absolute atomic E-state index is 0.0467. The van der Waals surface area contributed by atoms with Crippen LogP contribution in [-0.4, -0.2) is 23.4 Å². The molecule has 1 aromatic carbocycles. The largest absolute Gasteiger partial charge is 0.332 e. The first kappa shape index (κ1) is 10.6. The van der Waals surface area contributed by atoms with Crippen LogP contribution < -0.4 is 5.73 Å². The van der Waals surface area contributed by atoms with Crippen LogP contribution in [0.15, 0.2) is 28.7 Å². The van der Waals surface area contributed by atoms with E-state index in [4.69, 9.17) is 5.73 Å². The molecule has 0 aliphatic carbocycles. The first-order valence-corrected chi connectivity index (χ1v) is 5.76. The van der Waals surface area contributed by atoms with Crippen molar-refractivity contribution in [3.8, 4) is 0 Å². The summed E-state index contributed by atoms with van der Waals surface area (Å²) in [5.74, 6) is 0.0467. The van der Waals surface area contributed by atoms with E-state index in [1.54, 1.807) is 4.90 Å². The molecule has 0 aromatic heterocycles. The number of hydrogen-bond acceptors (Lipinski definition) is 2. The van der Waals surface area contributed by atoms with E-state index in [1.807, 2.05) is 31.2 Å². The molecule has 0 unspecified atom stereocenters. The number of rotatable bonds is 2. The monoisotopic (exact) mass is 268 g/mol. The van der Waals surface area contributed by atoms with Crippen LogP contribution in [0.25, 0.3) is 0 Å². The fourth-order valence-corrected chi connectivity index (χ4v) is 2.24. The van der Waals surface area contributed by atoms with Crippen molar-refractivity contribution in [2.45, 2.75) is 19.0 Å². The van der Waals surface area contributed by atoms with Gasteiger partial charge in [-0.25, -0.2) is 0 Å². The summed E-state index contributed by atoms with van der Waals surface area (Å²) >= 11 is 3.38. The molecular weight excluding hydrogens is 256 g/mol. The first-order chi connectivity index (χ1) is 7.15. The topological polar surface area (TPSA) is 46.3 Å². The number of hydrogen-bond donors (Lipinski definition) is 1. The van der Waals surface area contributed by atoms with Crippen molar-refractivity contribution < 1.29 is 4.79 Å². The van der Waals surface area contributed by atoms with Gasteiger partial charge in [-0.15, -0.1) is 0 Å². The van der Waals surface area contributed by atoms with Gasteiger partial charge in [0, 0.05) is 11.0 Å². The molecule has 1 heterocycles. The van der Waals surface area contributed by atoms with Crippen molar-refractivity contribution in [3.63, 3.8) is 0 Å². The molecular formula is C11H13BrN2O. The van der Waals surface area contributed by atoms with Gasteiger partial charge in [-0.2, -0.15) is 0 Å². The number of amides is 1. The molecule has 1 fully saturated rings. The van der Waals surface area contributed by atoms with Crippen molar-refractivity contribution in [1.82, 2.24) is 4.90 Å². The Hall–Kier alpha value is -0.870. The second-order valence-corrected chi connectivity index (χ2v) is 4.56. The molecule has 3 nitrogen and oxygen atoms in total. The summed E-state index contributed by atoms with van der Waals surface area (Å²) < 4.78 is 1.04. The lowest BCUT2D eigenvalue weighted by molar-refractivity contribution is -0.149. The predicted octanol–water partition coefficient (Wildman–Crippen LogP) is 1.68. The Kier molecular flexibility index (Phi) is 2.80. The normalized spacial score (nSPS) is 25.3. The molecule has 1 aliphatic heterocycles. The highest BCUT2D eigenvalue weighted by atomic mass is 79.9. The molecule has 2 N–H and O–H groups in total. The van der Waals surface area contributed by atoms with Crippen molar-refractivity contribution >= 4 is 21.8 Å². The van der Waals surface area contributed by atoms with Gasteiger partial charge in [0.2, 0.25) is 5.91 Å². The van der Waals surface area contributed by atoms with E-state index >= 15 is 0 Å². The summed E-state index contributed by atoms with van der Waals surface area (Å²) in [4.78, 5) is 13.2. The standard InChI is InChI=1S/C11H13BrN2O/c1-2-14-10(9(13)11(14)15)7-3-5-8(12)6-4-7/h3-6,9-10H,2,13H2,1H3/t9-,10-/m0/s1. The molecule has 1 aromatic rings. The Morgan fingerprint density at radius 2 is 2.00 bits per heavy atom. The van der Waals surface area contributed by atoms with Crippen LogP contribution in [0.4, 0.5) is 0 Å². The minimum atomic E-state index is -0.369. The Morgan fingerprint density at radius 3 is 2.53 bits per heavy atom. The summed E-state index contributed by atoms with van der Waals surface area (Å²) in [5.41, 5.74) is 6.90. The van der Waals surface area contributed by atoms with E-state index in [2.05, 4.69) is 15.9 Å². The molecule has 0 bridgehead atoms. The molecule has 0 spiro atoms. The first-order valence-electron chi connectivity index (χ1n) is 4.96. The number of nitrogens with two attached hydrogens (primary N) is 1. The Balaban J connectivity index is 2.24. The Labute approximate surface area is 97.4 Å². The third-order valence-corrected chi connectivity index (χ3v) is 3.33. The highest BCUT2D eigenvalue weighted by molar-refractivity contribution is 9.10. The number of carbonyl (C=O) groups is 1. The summed E-state index contributed by atoms with van der Waals surface area (Å²) in [6, 6.07) is 7.63. The maximum atomic E-state index is 11.4. The molecule has 4 heteroatoms. The zero-order valence-electron chi connectivity index (χ0n) is 8.48. The van der Waals surface area contributed by atoms with Gasteiger partial charge in [0.15, 0.2) is 0 Å². The van der Waals surface area contributed by atoms with Crippen LogP contribution in [0.2, 0.25) is 0 Å². The molecule has 1 saturated heterocycles. The van der Waals surface area contributed by atoms with Gasteiger partial charge >= 0.3 is 0 Å². The summed E-state index contributed by atoms with van der Waals surface area (Å²) in [6.07, 6.45) is 0. The quantitative estimate of drug-likeness (QED) is 0.830. The van der Waals surface area contributed by atoms with Gasteiger partial charge < -0.3 is 10.6 Å². The Bertz CT molecular complexity index is 377. The maximum Gasteiger partial charge on any atom is 0.242 e. The van der Waals surface area contributed by atoms with Gasteiger partial charge in [0.05, 0.1) is 6.04 Å². The average Bonchev–Trinajstić information content (AvgIpc) is 2.26. The van der Waals surface area contributed by atoms with Crippen molar-refractivity contribution in [2.24, 2.45) is 5.73 Å². The molecule has 15 heavy (non-hydrogen) atoms. The van der Waals surface area contributed by atoms with Crippen molar-refractivity contribution in [3.05, 3.63) is 34.3 Å². The zero-order valence-corrected chi connectivity index (χ0v) is 10.1. The van der Waals surface area contributed by atoms with Crippen LogP contribution in [-0.2, 0) is 4.79 Å². The van der Waals surface area contributed by atoms with Gasteiger partial charge in [-0.3, -0.25) is 4.79 Å². The number of likely N-dealkylation sites (tertiary alicyclic amines) is 1. The van der Waals surface area contributed by atoms with E-state index in [1.165, 1.54) is 0 Å². The highest BCUT2D eigenvalue weighted by Crippen LogP contribution is 2.33. The second-order valence-electron chi connectivity index (χ2n) is 3.65. The second kappa shape index (κ2) is 3.94. The van der Waals surface area contributed by atoms with E-state index in [0.29, 0.717) is 6.54 Å². The summed E-state index contributed by atoms with van der Waals surface area (Å²) in [5, 5.41) is 0. The SMILES string of the molecule is CCN1C(=O)[C@@H](N)[C@@H]1c1ccc(Br)cc1. The minimum Gasteiger partial charge on any atom is -0.332 e. The van der Waals surface area contributed by atoms with Crippen LogP contribution in [0, 0.1) is 0 Å².